The van der Waals surface area contributed by atoms with Crippen LogP contribution in [0.1, 0.15) is 12.8 Å². The van der Waals surface area contributed by atoms with E-state index in [0.29, 0.717) is 31.5 Å². The Morgan fingerprint density at radius 2 is 2.08 bits per heavy atom. The highest BCUT2D eigenvalue weighted by Gasteiger charge is 2.31. The van der Waals surface area contributed by atoms with E-state index >= 15 is 0 Å². The summed E-state index contributed by atoms with van der Waals surface area (Å²) in [5.74, 6) is -0.378. The summed E-state index contributed by atoms with van der Waals surface area (Å²) in [6.07, 6.45) is -4.87. The first-order valence-electron chi connectivity index (χ1n) is 7.19. The van der Waals surface area contributed by atoms with Gasteiger partial charge in [0, 0.05) is 25.2 Å². The first-order chi connectivity index (χ1) is 11.3. The molecule has 1 N–H and O–H groups in total. The molecule has 1 aromatic carbocycles. The number of ether oxygens (including phenoxy) is 1. The number of fused-ring (bicyclic) bond motifs is 1. The van der Waals surface area contributed by atoms with Gasteiger partial charge in [-0.15, -0.1) is 13.2 Å². The van der Waals surface area contributed by atoms with Crippen LogP contribution < -0.4 is 15.2 Å². The summed E-state index contributed by atoms with van der Waals surface area (Å²) in [7, 11) is 0. The molecule has 0 spiro atoms. The van der Waals surface area contributed by atoms with E-state index in [2.05, 4.69) is 15.0 Å². The van der Waals surface area contributed by atoms with Crippen molar-refractivity contribution in [2.45, 2.75) is 25.2 Å². The zero-order chi connectivity index (χ0) is 17.3. The maximum atomic E-state index is 12.2. The highest BCUT2D eigenvalue weighted by Crippen LogP contribution is 2.28. The van der Waals surface area contributed by atoms with Gasteiger partial charge in [-0.2, -0.15) is 4.98 Å². The number of halogens is 3. The van der Waals surface area contributed by atoms with Gasteiger partial charge in [0.05, 0.1) is 0 Å². The smallest absolute Gasteiger partial charge is 0.530 e. The van der Waals surface area contributed by atoms with Gasteiger partial charge < -0.3 is 29.3 Å². The van der Waals surface area contributed by atoms with Crippen molar-refractivity contribution in [1.82, 2.24) is 9.88 Å². The third kappa shape index (κ3) is 3.81. The molecule has 7 nitrogen and oxygen atoms in total. The van der Waals surface area contributed by atoms with E-state index < -0.39 is 12.5 Å². The molecule has 0 atom stereocenters. The number of anilines is 1. The van der Waals surface area contributed by atoms with Crippen molar-refractivity contribution < 1.29 is 32.2 Å². The number of hydrogen-bond acceptors (Lipinski definition) is 6. The van der Waals surface area contributed by atoms with Crippen LogP contribution in [0.25, 0.3) is 11.1 Å². The molecular weight excluding hydrogens is 331 g/mol. The fourth-order valence-corrected chi connectivity index (χ4v) is 2.55. The molecule has 0 unspecified atom stereocenters. The average molecular weight is 344 g/mol. The Kier molecular flexibility index (Phi) is 4.12. The second kappa shape index (κ2) is 6.10. The minimum absolute atomic E-state index is 0.0421. The maximum Gasteiger partial charge on any atom is 0.573 e. The maximum absolute atomic E-state index is 12.2. The normalized spacial score (nSPS) is 16.4. The number of amides is 1. The van der Waals surface area contributed by atoms with Crippen molar-refractivity contribution >= 4 is 23.2 Å². The van der Waals surface area contributed by atoms with Crippen molar-refractivity contribution in [3.05, 3.63) is 18.2 Å². The van der Waals surface area contributed by atoms with Crippen LogP contribution in [0.2, 0.25) is 0 Å². The van der Waals surface area contributed by atoms with Crippen LogP contribution in [0.5, 0.6) is 5.75 Å². The number of nitrogens with one attached hydrogen (secondary N) is 1. The Morgan fingerprint density at radius 1 is 1.38 bits per heavy atom. The van der Waals surface area contributed by atoms with E-state index in [9.17, 15) is 23.1 Å². The Morgan fingerprint density at radius 3 is 2.71 bits per heavy atom. The molecule has 0 aliphatic carbocycles. The summed E-state index contributed by atoms with van der Waals surface area (Å²) in [6, 6.07) is 3.74. The zero-order valence-electron chi connectivity index (χ0n) is 12.3. The molecule has 2 heterocycles. The highest BCUT2D eigenvalue weighted by atomic mass is 19.4. The number of likely N-dealkylation sites (tertiary alicyclic amines) is 1. The van der Waals surface area contributed by atoms with E-state index in [0.717, 1.165) is 12.1 Å². The lowest BCUT2D eigenvalue weighted by Crippen LogP contribution is -2.47. The molecule has 2 aromatic rings. The molecule has 1 saturated heterocycles. The van der Waals surface area contributed by atoms with Gasteiger partial charge in [-0.25, -0.2) is 0 Å². The summed E-state index contributed by atoms with van der Waals surface area (Å²) in [6.45, 7) is 0.674. The van der Waals surface area contributed by atoms with Crippen LogP contribution >= 0.6 is 0 Å². The molecule has 130 valence electrons. The standard InChI is InChI=1S/C14H14F3N3O4/c15-14(16,17)24-9-1-2-11-10(7-9)19-12(23-11)18-8-3-5-20(6-4-8)13(21)22/h1-2,7-8H,3-6H2,(H,18,19)(H,21,22)/p-1. The van der Waals surface area contributed by atoms with Crippen molar-refractivity contribution in [3.63, 3.8) is 0 Å². The second-order valence-electron chi connectivity index (χ2n) is 5.37. The van der Waals surface area contributed by atoms with Gasteiger partial charge in [0.2, 0.25) is 0 Å². The second-order valence-corrected chi connectivity index (χ2v) is 5.37. The van der Waals surface area contributed by atoms with Gasteiger partial charge in [0.15, 0.2) is 5.58 Å². The average Bonchev–Trinajstić information content (AvgIpc) is 2.87. The quantitative estimate of drug-likeness (QED) is 0.915. The summed E-state index contributed by atoms with van der Waals surface area (Å²) in [4.78, 5) is 16.0. The molecule has 10 heteroatoms. The van der Waals surface area contributed by atoms with Crippen LogP contribution in [0, 0.1) is 0 Å². The molecule has 3 rings (SSSR count). The minimum Gasteiger partial charge on any atom is -0.530 e. The minimum atomic E-state index is -4.77. The molecule has 24 heavy (non-hydrogen) atoms. The molecule has 1 amide bonds. The Hall–Kier alpha value is -2.65. The van der Waals surface area contributed by atoms with E-state index in [1.54, 1.807) is 0 Å². The van der Waals surface area contributed by atoms with Gasteiger partial charge in [0.25, 0.3) is 6.01 Å². The molecule has 0 saturated carbocycles. The van der Waals surface area contributed by atoms with Gasteiger partial charge in [-0.1, -0.05) is 0 Å². The first kappa shape index (κ1) is 16.2. The number of benzene rings is 1. The summed E-state index contributed by atoms with van der Waals surface area (Å²) in [5.41, 5.74) is 0.547. The molecule has 0 bridgehead atoms. The first-order valence-corrected chi connectivity index (χ1v) is 7.19. The number of nitrogens with zero attached hydrogens (tertiary/aromatic N) is 2. The van der Waals surface area contributed by atoms with Gasteiger partial charge in [0.1, 0.15) is 17.4 Å². The highest BCUT2D eigenvalue weighted by molar-refractivity contribution is 5.76. The van der Waals surface area contributed by atoms with E-state index in [4.69, 9.17) is 4.42 Å². The number of aromatic nitrogens is 1. The van der Waals surface area contributed by atoms with Crippen LogP contribution in [0.3, 0.4) is 0 Å². The monoisotopic (exact) mass is 344 g/mol. The Bertz CT molecular complexity index is 738. The van der Waals surface area contributed by atoms with E-state index in [1.165, 1.54) is 11.0 Å². The van der Waals surface area contributed by atoms with Crippen LogP contribution in [-0.2, 0) is 0 Å². The third-order valence-electron chi connectivity index (χ3n) is 3.67. The largest absolute Gasteiger partial charge is 0.573 e. The Labute approximate surface area is 134 Å². The number of carbonyl (C=O) groups excluding carboxylic acids is 1. The van der Waals surface area contributed by atoms with E-state index in [1.807, 2.05) is 0 Å². The van der Waals surface area contributed by atoms with Gasteiger partial charge in [-0.3, -0.25) is 0 Å². The van der Waals surface area contributed by atoms with Crippen LogP contribution in [0.15, 0.2) is 22.6 Å². The lowest BCUT2D eigenvalue weighted by molar-refractivity contribution is -0.274. The fourth-order valence-electron chi connectivity index (χ4n) is 2.55. The number of oxazole rings is 1. The summed E-state index contributed by atoms with van der Waals surface area (Å²) in [5, 5.41) is 13.8. The van der Waals surface area contributed by atoms with Crippen molar-refractivity contribution in [2.75, 3.05) is 18.4 Å². The summed E-state index contributed by atoms with van der Waals surface area (Å²) < 4.78 is 45.9. The van der Waals surface area contributed by atoms with Crippen molar-refractivity contribution in [3.8, 4) is 5.75 Å². The van der Waals surface area contributed by atoms with Gasteiger partial charge >= 0.3 is 6.36 Å². The predicted molar refractivity (Wildman–Crippen MR) is 74.3 cm³/mol. The predicted octanol–water partition coefficient (Wildman–Crippen LogP) is 1.95. The number of alkyl halides is 3. The number of carboxylic acid groups (broad SMARTS) is 1. The Balaban J connectivity index is 1.67. The number of carbonyl (C=O) groups is 1. The van der Waals surface area contributed by atoms with Gasteiger partial charge in [-0.05, 0) is 25.0 Å². The molecule has 0 radical (unpaired) electrons. The lowest BCUT2D eigenvalue weighted by Gasteiger charge is -2.33. The number of rotatable bonds is 3. The van der Waals surface area contributed by atoms with E-state index in [-0.39, 0.29) is 23.3 Å². The zero-order valence-corrected chi connectivity index (χ0v) is 12.3. The van der Waals surface area contributed by atoms with Crippen LogP contribution in [0.4, 0.5) is 24.0 Å². The lowest BCUT2D eigenvalue weighted by atomic mass is 10.1. The summed E-state index contributed by atoms with van der Waals surface area (Å²) >= 11 is 0. The fraction of sp³-hybridized carbons (Fsp3) is 0.429. The number of piperidine rings is 1. The molecule has 1 aromatic heterocycles. The van der Waals surface area contributed by atoms with Crippen molar-refractivity contribution in [2.24, 2.45) is 0 Å². The topological polar surface area (TPSA) is 90.7 Å². The van der Waals surface area contributed by atoms with Crippen molar-refractivity contribution in [1.29, 1.82) is 0 Å². The molecular formula is C14H13F3N3O4-. The molecule has 1 aliphatic heterocycles. The SMILES string of the molecule is O=C([O-])N1CCC(Nc2nc3cc(OC(F)(F)F)ccc3o2)CC1. The number of hydrogen-bond donors (Lipinski definition) is 1. The third-order valence-corrected chi connectivity index (χ3v) is 3.67. The molecule has 1 aliphatic rings. The van der Waals surface area contributed by atoms with Crippen LogP contribution in [-0.4, -0.2) is 41.5 Å². The molecule has 1 fully saturated rings.